The van der Waals surface area contributed by atoms with E-state index in [1.807, 2.05) is 0 Å². The van der Waals surface area contributed by atoms with Crippen molar-refractivity contribution in [3.05, 3.63) is 28.8 Å². The van der Waals surface area contributed by atoms with E-state index in [0.717, 1.165) is 6.07 Å². The van der Waals surface area contributed by atoms with Crippen LogP contribution in [0.5, 0.6) is 0 Å². The van der Waals surface area contributed by atoms with Crippen molar-refractivity contribution in [1.29, 1.82) is 0 Å². The summed E-state index contributed by atoms with van der Waals surface area (Å²) in [5.41, 5.74) is -1.09. The van der Waals surface area contributed by atoms with E-state index in [-0.39, 0.29) is 17.1 Å². The van der Waals surface area contributed by atoms with E-state index in [2.05, 4.69) is 4.98 Å². The van der Waals surface area contributed by atoms with Gasteiger partial charge < -0.3 is 5.11 Å². The van der Waals surface area contributed by atoms with Gasteiger partial charge in [-0.3, -0.25) is 4.79 Å². The van der Waals surface area contributed by atoms with Gasteiger partial charge in [0.2, 0.25) is 0 Å². The zero-order chi connectivity index (χ0) is 12.3. The summed E-state index contributed by atoms with van der Waals surface area (Å²) in [6.07, 6.45) is -3.65. The quantitative estimate of drug-likeness (QED) is 0.839. The maximum atomic E-state index is 13.1. The predicted octanol–water partition coefficient (Wildman–Crippen LogP) is 2.52. The first kappa shape index (κ1) is 12.8. The molecule has 0 aliphatic rings. The standard InChI is InChI=1S/C9H7ClF3NO2/c10-3-4-1-5(11)8(9(12)13)14-6(4)2-7(15)16/h1,9H,2-3H2,(H,15,16). The average Bonchev–Trinajstić information content (AvgIpc) is 2.18. The lowest BCUT2D eigenvalue weighted by molar-refractivity contribution is -0.136. The van der Waals surface area contributed by atoms with Crippen LogP contribution in [0.4, 0.5) is 13.2 Å². The van der Waals surface area contributed by atoms with Gasteiger partial charge in [0, 0.05) is 5.88 Å². The van der Waals surface area contributed by atoms with Crippen molar-refractivity contribution < 1.29 is 23.1 Å². The third-order valence-corrected chi connectivity index (χ3v) is 2.13. The number of aliphatic carboxylic acids is 1. The molecule has 0 amide bonds. The summed E-state index contributed by atoms with van der Waals surface area (Å²) < 4.78 is 37.7. The van der Waals surface area contributed by atoms with Crippen LogP contribution in [-0.4, -0.2) is 16.1 Å². The van der Waals surface area contributed by atoms with Crippen molar-refractivity contribution in [2.75, 3.05) is 0 Å². The maximum absolute atomic E-state index is 13.1. The number of pyridine rings is 1. The fourth-order valence-electron chi connectivity index (χ4n) is 1.15. The lowest BCUT2D eigenvalue weighted by atomic mass is 10.1. The fourth-order valence-corrected chi connectivity index (χ4v) is 1.38. The topological polar surface area (TPSA) is 50.2 Å². The Morgan fingerprint density at radius 3 is 2.62 bits per heavy atom. The van der Waals surface area contributed by atoms with Crippen molar-refractivity contribution in [1.82, 2.24) is 4.98 Å². The highest BCUT2D eigenvalue weighted by Gasteiger charge is 2.19. The lowest BCUT2D eigenvalue weighted by Gasteiger charge is -2.08. The van der Waals surface area contributed by atoms with Crippen molar-refractivity contribution in [2.24, 2.45) is 0 Å². The normalized spacial score (nSPS) is 10.8. The highest BCUT2D eigenvalue weighted by Crippen LogP contribution is 2.23. The molecule has 0 bridgehead atoms. The summed E-state index contributed by atoms with van der Waals surface area (Å²) in [6.45, 7) is 0. The zero-order valence-electron chi connectivity index (χ0n) is 7.88. The van der Waals surface area contributed by atoms with Gasteiger partial charge in [0.15, 0.2) is 5.82 Å². The van der Waals surface area contributed by atoms with Crippen LogP contribution < -0.4 is 0 Å². The largest absolute Gasteiger partial charge is 0.481 e. The molecule has 0 aliphatic carbocycles. The molecular formula is C9H7ClF3NO2. The van der Waals surface area contributed by atoms with Crippen molar-refractivity contribution in [3.8, 4) is 0 Å². The molecule has 0 atom stereocenters. The molecule has 88 valence electrons. The minimum absolute atomic E-state index is 0.103. The van der Waals surface area contributed by atoms with Gasteiger partial charge >= 0.3 is 5.97 Å². The number of nitrogens with zero attached hydrogens (tertiary/aromatic N) is 1. The minimum Gasteiger partial charge on any atom is -0.481 e. The number of hydrogen-bond donors (Lipinski definition) is 1. The molecule has 1 aromatic rings. The van der Waals surface area contributed by atoms with Crippen molar-refractivity contribution in [2.45, 2.75) is 18.7 Å². The predicted molar refractivity (Wildman–Crippen MR) is 50.0 cm³/mol. The Kier molecular flexibility index (Phi) is 4.12. The molecule has 0 unspecified atom stereocenters. The second kappa shape index (κ2) is 5.16. The monoisotopic (exact) mass is 253 g/mol. The Labute approximate surface area is 93.9 Å². The summed E-state index contributed by atoms with van der Waals surface area (Å²) in [4.78, 5) is 13.7. The number of alkyl halides is 3. The number of hydrogen-bond acceptors (Lipinski definition) is 2. The van der Waals surface area contributed by atoms with Gasteiger partial charge in [0.25, 0.3) is 6.43 Å². The third kappa shape index (κ3) is 2.85. The minimum atomic E-state index is -3.09. The molecule has 1 heterocycles. The van der Waals surface area contributed by atoms with Gasteiger partial charge in [-0.2, -0.15) is 0 Å². The van der Waals surface area contributed by atoms with E-state index in [0.29, 0.717) is 0 Å². The average molecular weight is 254 g/mol. The fraction of sp³-hybridized carbons (Fsp3) is 0.333. The first-order chi connectivity index (χ1) is 7.45. The molecule has 0 fully saturated rings. The summed E-state index contributed by atoms with van der Waals surface area (Å²) >= 11 is 5.43. The van der Waals surface area contributed by atoms with E-state index in [9.17, 15) is 18.0 Å². The van der Waals surface area contributed by atoms with Crippen LogP contribution in [0.15, 0.2) is 6.07 Å². The highest BCUT2D eigenvalue weighted by atomic mass is 35.5. The Morgan fingerprint density at radius 1 is 1.56 bits per heavy atom. The van der Waals surface area contributed by atoms with Crippen molar-refractivity contribution >= 4 is 17.6 Å². The van der Waals surface area contributed by atoms with Crippen LogP contribution in [0.1, 0.15) is 23.4 Å². The van der Waals surface area contributed by atoms with E-state index in [1.54, 1.807) is 0 Å². The second-order valence-corrected chi connectivity index (χ2v) is 3.23. The van der Waals surface area contributed by atoms with E-state index < -0.39 is 30.3 Å². The van der Waals surface area contributed by atoms with E-state index in [4.69, 9.17) is 16.7 Å². The molecule has 0 radical (unpaired) electrons. The molecule has 0 aliphatic heterocycles. The smallest absolute Gasteiger partial charge is 0.309 e. The zero-order valence-corrected chi connectivity index (χ0v) is 8.64. The Hall–Kier alpha value is -1.30. The van der Waals surface area contributed by atoms with E-state index in [1.165, 1.54) is 0 Å². The summed E-state index contributed by atoms with van der Waals surface area (Å²) in [5.74, 6) is -2.61. The van der Waals surface area contributed by atoms with Crippen LogP contribution in [0.3, 0.4) is 0 Å². The molecule has 3 nitrogen and oxygen atoms in total. The number of rotatable bonds is 4. The molecule has 16 heavy (non-hydrogen) atoms. The Bertz CT molecular complexity index is 412. The number of halogens is 4. The van der Waals surface area contributed by atoms with Crippen molar-refractivity contribution in [3.63, 3.8) is 0 Å². The number of carboxylic acids is 1. The van der Waals surface area contributed by atoms with Crippen LogP contribution in [0.2, 0.25) is 0 Å². The van der Waals surface area contributed by atoms with Crippen LogP contribution in [0.25, 0.3) is 0 Å². The van der Waals surface area contributed by atoms with Gasteiger partial charge in [-0.25, -0.2) is 18.2 Å². The number of aromatic nitrogens is 1. The summed E-state index contributed by atoms with van der Waals surface area (Å²) in [6, 6.07) is 0.791. The van der Waals surface area contributed by atoms with Gasteiger partial charge in [-0.1, -0.05) is 0 Å². The Balaban J connectivity index is 3.22. The van der Waals surface area contributed by atoms with E-state index >= 15 is 0 Å². The molecule has 0 spiro atoms. The van der Waals surface area contributed by atoms with Gasteiger partial charge in [-0.05, 0) is 11.6 Å². The molecule has 0 saturated heterocycles. The summed E-state index contributed by atoms with van der Waals surface area (Å²) in [7, 11) is 0. The SMILES string of the molecule is O=C(O)Cc1nc(C(F)F)c(F)cc1CCl. The van der Waals surface area contributed by atoms with Gasteiger partial charge in [0.1, 0.15) is 5.69 Å². The van der Waals surface area contributed by atoms with Crippen LogP contribution in [-0.2, 0) is 17.1 Å². The lowest BCUT2D eigenvalue weighted by Crippen LogP contribution is -2.09. The second-order valence-electron chi connectivity index (χ2n) is 2.97. The third-order valence-electron chi connectivity index (χ3n) is 1.84. The maximum Gasteiger partial charge on any atom is 0.309 e. The molecule has 1 aromatic heterocycles. The first-order valence-corrected chi connectivity index (χ1v) is 4.73. The number of carboxylic acid groups (broad SMARTS) is 1. The van der Waals surface area contributed by atoms with Gasteiger partial charge in [0.05, 0.1) is 12.1 Å². The first-order valence-electron chi connectivity index (χ1n) is 4.19. The molecule has 7 heteroatoms. The molecule has 1 N–H and O–H groups in total. The molecule has 0 aromatic carbocycles. The van der Waals surface area contributed by atoms with Crippen LogP contribution >= 0.6 is 11.6 Å². The van der Waals surface area contributed by atoms with Gasteiger partial charge in [-0.15, -0.1) is 11.6 Å². The molecular weight excluding hydrogens is 247 g/mol. The molecule has 1 rings (SSSR count). The molecule has 0 saturated carbocycles. The Morgan fingerprint density at radius 2 is 2.19 bits per heavy atom. The summed E-state index contributed by atoms with van der Waals surface area (Å²) in [5, 5.41) is 8.52. The highest BCUT2D eigenvalue weighted by molar-refractivity contribution is 6.17. The number of carbonyl (C=O) groups is 1. The van der Waals surface area contributed by atoms with Crippen LogP contribution in [0, 0.1) is 5.82 Å².